The van der Waals surface area contributed by atoms with Crippen LogP contribution in [0.1, 0.15) is 30.5 Å². The maximum atomic E-state index is 12.0. The van der Waals surface area contributed by atoms with Gasteiger partial charge in [0.05, 0.1) is 12.8 Å². The summed E-state index contributed by atoms with van der Waals surface area (Å²) in [4.78, 5) is 20.7. The zero-order valence-corrected chi connectivity index (χ0v) is 16.9. The number of ether oxygens (including phenoxy) is 1. The number of aromatic nitrogens is 2. The summed E-state index contributed by atoms with van der Waals surface area (Å²) >= 11 is 1.62. The Bertz CT molecular complexity index is 863. The molecule has 0 saturated heterocycles. The minimum atomic E-state index is 0.110. The van der Waals surface area contributed by atoms with Gasteiger partial charge in [-0.1, -0.05) is 12.1 Å². The highest BCUT2D eigenvalue weighted by Gasteiger charge is 2.06. The number of thiazole rings is 1. The third-order valence-electron chi connectivity index (χ3n) is 4.46. The molecule has 2 aromatic heterocycles. The Morgan fingerprint density at radius 3 is 2.61 bits per heavy atom. The number of hydrogen-bond acceptors (Lipinski definition) is 5. The smallest absolute Gasteiger partial charge is 0.220 e. The van der Waals surface area contributed by atoms with Crippen molar-refractivity contribution in [3.63, 3.8) is 0 Å². The molecular weight excluding hydrogens is 370 g/mol. The first-order valence-electron chi connectivity index (χ1n) is 9.49. The number of nitrogens with zero attached hydrogens (tertiary/aromatic N) is 2. The van der Waals surface area contributed by atoms with Gasteiger partial charge in [0.2, 0.25) is 5.91 Å². The maximum Gasteiger partial charge on any atom is 0.220 e. The molecule has 1 aromatic carbocycles. The second-order valence-electron chi connectivity index (χ2n) is 6.54. The molecule has 0 bridgehead atoms. The monoisotopic (exact) mass is 395 g/mol. The normalized spacial score (nSPS) is 10.6. The van der Waals surface area contributed by atoms with Gasteiger partial charge in [-0.2, -0.15) is 0 Å². The predicted molar refractivity (Wildman–Crippen MR) is 113 cm³/mol. The van der Waals surface area contributed by atoms with Crippen molar-refractivity contribution in [1.82, 2.24) is 15.3 Å². The quantitative estimate of drug-likeness (QED) is 0.520. The van der Waals surface area contributed by atoms with Gasteiger partial charge in [-0.15, -0.1) is 11.3 Å². The van der Waals surface area contributed by atoms with Crippen molar-refractivity contribution in [2.45, 2.75) is 32.1 Å². The Labute approximate surface area is 169 Å². The molecule has 28 heavy (non-hydrogen) atoms. The lowest BCUT2D eigenvalue weighted by atomic mass is 10.1. The van der Waals surface area contributed by atoms with Gasteiger partial charge in [0.15, 0.2) is 0 Å². The van der Waals surface area contributed by atoms with E-state index >= 15 is 0 Å². The van der Waals surface area contributed by atoms with Gasteiger partial charge in [0.25, 0.3) is 0 Å². The van der Waals surface area contributed by atoms with E-state index in [0.29, 0.717) is 13.0 Å². The number of hydrogen-bond donors (Lipinski definition) is 1. The molecule has 0 unspecified atom stereocenters. The second kappa shape index (κ2) is 10.6. The molecule has 0 spiro atoms. The highest BCUT2D eigenvalue weighted by atomic mass is 32.1. The summed E-state index contributed by atoms with van der Waals surface area (Å²) in [5.74, 6) is 0.982. The van der Waals surface area contributed by atoms with E-state index in [2.05, 4.69) is 32.8 Å². The van der Waals surface area contributed by atoms with Crippen molar-refractivity contribution in [2.24, 2.45) is 0 Å². The Balaban J connectivity index is 1.31. The average molecular weight is 396 g/mol. The molecular formula is C22H25N3O2S. The molecule has 0 aliphatic rings. The Morgan fingerprint density at radius 1 is 1.07 bits per heavy atom. The number of benzene rings is 1. The van der Waals surface area contributed by atoms with E-state index in [1.54, 1.807) is 30.8 Å². The largest absolute Gasteiger partial charge is 0.497 e. The van der Waals surface area contributed by atoms with Crippen LogP contribution < -0.4 is 10.1 Å². The van der Waals surface area contributed by atoms with Crippen LogP contribution >= 0.6 is 11.3 Å². The van der Waals surface area contributed by atoms with Crippen LogP contribution in [-0.4, -0.2) is 29.5 Å². The van der Waals surface area contributed by atoms with Gasteiger partial charge in [-0.05, 0) is 49.1 Å². The molecule has 1 N–H and O–H groups in total. The van der Waals surface area contributed by atoms with Gasteiger partial charge in [-0.25, -0.2) is 4.98 Å². The predicted octanol–water partition coefficient (Wildman–Crippen LogP) is 4.29. The number of amides is 1. The van der Waals surface area contributed by atoms with Crippen molar-refractivity contribution in [2.75, 3.05) is 13.7 Å². The lowest BCUT2D eigenvalue weighted by Crippen LogP contribution is -2.25. The lowest BCUT2D eigenvalue weighted by Gasteiger charge is -2.05. The zero-order valence-electron chi connectivity index (χ0n) is 16.1. The minimum absolute atomic E-state index is 0.110. The van der Waals surface area contributed by atoms with Gasteiger partial charge in [-0.3, -0.25) is 9.78 Å². The number of carbonyl (C=O) groups excluding carboxylic acids is 1. The fourth-order valence-corrected chi connectivity index (χ4v) is 3.73. The van der Waals surface area contributed by atoms with E-state index < -0.39 is 0 Å². The molecule has 3 rings (SSSR count). The highest BCUT2D eigenvalue weighted by Crippen LogP contribution is 2.22. The summed E-state index contributed by atoms with van der Waals surface area (Å²) < 4.78 is 5.16. The summed E-state index contributed by atoms with van der Waals surface area (Å²) in [6.45, 7) is 0.622. The minimum Gasteiger partial charge on any atom is -0.497 e. The van der Waals surface area contributed by atoms with Gasteiger partial charge in [0.1, 0.15) is 10.8 Å². The van der Waals surface area contributed by atoms with E-state index in [1.807, 2.05) is 24.3 Å². The van der Waals surface area contributed by atoms with Crippen LogP contribution in [0, 0.1) is 0 Å². The molecule has 5 nitrogen and oxygen atoms in total. The molecule has 1 amide bonds. The van der Waals surface area contributed by atoms with Crippen LogP contribution in [0.5, 0.6) is 5.75 Å². The number of nitrogens with one attached hydrogen (secondary N) is 1. The molecule has 6 heteroatoms. The van der Waals surface area contributed by atoms with Gasteiger partial charge in [0, 0.05) is 42.7 Å². The van der Waals surface area contributed by atoms with Crippen molar-refractivity contribution < 1.29 is 9.53 Å². The molecule has 0 saturated carbocycles. The molecule has 2 heterocycles. The van der Waals surface area contributed by atoms with Crippen LogP contribution in [0.3, 0.4) is 0 Å². The van der Waals surface area contributed by atoms with Gasteiger partial charge >= 0.3 is 0 Å². The van der Waals surface area contributed by atoms with Crippen LogP contribution in [0.4, 0.5) is 0 Å². The summed E-state index contributed by atoms with van der Waals surface area (Å²) in [6.07, 6.45) is 7.72. The number of unbranched alkanes of at least 4 members (excludes halogenated alkanes) is 1. The number of rotatable bonds is 10. The average Bonchev–Trinajstić information content (AvgIpc) is 3.21. The van der Waals surface area contributed by atoms with E-state index in [4.69, 9.17) is 4.74 Å². The summed E-state index contributed by atoms with van der Waals surface area (Å²) in [7, 11) is 1.67. The Morgan fingerprint density at radius 2 is 1.86 bits per heavy atom. The standard InChI is InChI=1S/C22H25N3O2S/c1-27-20-8-6-17(7-9-20)4-2-3-5-21(26)24-15-12-19-16-28-22(25-19)18-10-13-23-14-11-18/h6-11,13-14,16H,2-5,12,15H2,1H3,(H,24,26). The fourth-order valence-electron chi connectivity index (χ4n) is 2.87. The van der Waals surface area contributed by atoms with Crippen molar-refractivity contribution in [3.05, 3.63) is 65.4 Å². The van der Waals surface area contributed by atoms with E-state index in [9.17, 15) is 4.79 Å². The van der Waals surface area contributed by atoms with Gasteiger partial charge < -0.3 is 10.1 Å². The highest BCUT2D eigenvalue weighted by molar-refractivity contribution is 7.13. The molecule has 0 radical (unpaired) electrons. The SMILES string of the molecule is COc1ccc(CCCCC(=O)NCCc2csc(-c3ccncc3)n2)cc1. The first kappa shape index (κ1) is 20.0. The maximum absolute atomic E-state index is 12.0. The van der Waals surface area contributed by atoms with Crippen LogP contribution in [-0.2, 0) is 17.6 Å². The van der Waals surface area contributed by atoms with Crippen LogP contribution in [0.15, 0.2) is 54.2 Å². The molecule has 0 fully saturated rings. The zero-order chi connectivity index (χ0) is 19.6. The van der Waals surface area contributed by atoms with Crippen LogP contribution in [0.25, 0.3) is 10.6 Å². The topological polar surface area (TPSA) is 64.1 Å². The third-order valence-corrected chi connectivity index (χ3v) is 5.40. The first-order chi connectivity index (χ1) is 13.7. The van der Waals surface area contributed by atoms with Crippen molar-refractivity contribution in [3.8, 4) is 16.3 Å². The summed E-state index contributed by atoms with van der Waals surface area (Å²) in [5.41, 5.74) is 3.36. The summed E-state index contributed by atoms with van der Waals surface area (Å²) in [6, 6.07) is 12.0. The fraction of sp³-hybridized carbons (Fsp3) is 0.318. The Kier molecular flexibility index (Phi) is 7.55. The van der Waals surface area contributed by atoms with Crippen LogP contribution in [0.2, 0.25) is 0 Å². The summed E-state index contributed by atoms with van der Waals surface area (Å²) in [5, 5.41) is 6.03. The molecule has 0 aliphatic carbocycles. The number of pyridine rings is 1. The molecule has 0 aliphatic heterocycles. The first-order valence-corrected chi connectivity index (χ1v) is 10.4. The molecule has 3 aromatic rings. The van der Waals surface area contributed by atoms with E-state index in [1.165, 1.54) is 5.56 Å². The third kappa shape index (κ3) is 6.16. The van der Waals surface area contributed by atoms with Crippen molar-refractivity contribution in [1.29, 1.82) is 0 Å². The molecule has 146 valence electrons. The lowest BCUT2D eigenvalue weighted by molar-refractivity contribution is -0.121. The van der Waals surface area contributed by atoms with E-state index in [0.717, 1.165) is 47.7 Å². The number of methoxy groups -OCH3 is 1. The number of aryl methyl sites for hydroxylation is 1. The van der Waals surface area contributed by atoms with E-state index in [-0.39, 0.29) is 5.91 Å². The number of carbonyl (C=O) groups is 1. The second-order valence-corrected chi connectivity index (χ2v) is 7.39. The van der Waals surface area contributed by atoms with Crippen molar-refractivity contribution >= 4 is 17.2 Å². The molecule has 0 atom stereocenters. The Hall–Kier alpha value is -2.73.